The van der Waals surface area contributed by atoms with Crippen molar-refractivity contribution in [3.05, 3.63) is 56.7 Å². The summed E-state index contributed by atoms with van der Waals surface area (Å²) in [6, 6.07) is 12.2. The largest absolute Gasteiger partial charge is 0.335 e. The van der Waals surface area contributed by atoms with Gasteiger partial charge in [0.05, 0.1) is 4.88 Å². The molecule has 5 heteroatoms. The summed E-state index contributed by atoms with van der Waals surface area (Å²) >= 11 is 5.03. The van der Waals surface area contributed by atoms with Gasteiger partial charge in [0.1, 0.15) is 0 Å². The molecule has 110 valence electrons. The van der Waals surface area contributed by atoms with Gasteiger partial charge in [0.15, 0.2) is 0 Å². The number of rotatable bonds is 3. The van der Waals surface area contributed by atoms with Crippen LogP contribution in [0.15, 0.2) is 46.3 Å². The van der Waals surface area contributed by atoms with E-state index in [9.17, 15) is 4.79 Å². The molecule has 1 amide bonds. The maximum Gasteiger partial charge on any atom is 0.264 e. The van der Waals surface area contributed by atoms with Gasteiger partial charge in [-0.15, -0.1) is 11.3 Å². The van der Waals surface area contributed by atoms with E-state index in [1.165, 1.54) is 16.9 Å². The predicted octanol–water partition coefficient (Wildman–Crippen LogP) is 3.47. The number of thiophene rings is 1. The average Bonchev–Trinajstić information content (AvgIpc) is 3.01. The topological polar surface area (TPSA) is 23.6 Å². The molecule has 1 aromatic heterocycles. The number of piperazine rings is 1. The number of carbonyl (C=O) groups excluding carboxylic acids is 1. The van der Waals surface area contributed by atoms with Crippen molar-refractivity contribution in [2.75, 3.05) is 26.2 Å². The second kappa shape index (κ2) is 6.73. The van der Waals surface area contributed by atoms with Crippen molar-refractivity contribution in [2.24, 2.45) is 0 Å². The molecule has 21 heavy (non-hydrogen) atoms. The molecule has 3 rings (SSSR count). The normalized spacial score (nSPS) is 16.1. The summed E-state index contributed by atoms with van der Waals surface area (Å²) in [4.78, 5) is 17.5. The zero-order valence-electron chi connectivity index (χ0n) is 11.7. The van der Waals surface area contributed by atoms with Crippen LogP contribution in [0.3, 0.4) is 0 Å². The van der Waals surface area contributed by atoms with E-state index in [2.05, 4.69) is 39.0 Å². The fourth-order valence-electron chi connectivity index (χ4n) is 2.56. The minimum atomic E-state index is 0.173. The van der Waals surface area contributed by atoms with Crippen molar-refractivity contribution in [3.8, 4) is 0 Å². The molecule has 1 aliphatic heterocycles. The summed E-state index contributed by atoms with van der Waals surface area (Å²) < 4.78 is 1.12. The molecule has 1 fully saturated rings. The van der Waals surface area contributed by atoms with Crippen molar-refractivity contribution >= 4 is 33.2 Å². The Kier molecular flexibility index (Phi) is 4.73. The first-order valence-corrected chi connectivity index (χ1v) is 8.69. The van der Waals surface area contributed by atoms with Crippen LogP contribution >= 0.6 is 27.3 Å². The van der Waals surface area contributed by atoms with Gasteiger partial charge in [-0.2, -0.15) is 0 Å². The molecule has 2 heterocycles. The zero-order valence-corrected chi connectivity index (χ0v) is 14.1. The summed E-state index contributed by atoms with van der Waals surface area (Å²) in [5.41, 5.74) is 1.31. The number of hydrogen-bond acceptors (Lipinski definition) is 3. The van der Waals surface area contributed by atoms with Crippen LogP contribution in [0.25, 0.3) is 0 Å². The highest BCUT2D eigenvalue weighted by Crippen LogP contribution is 2.16. The second-order valence-corrected chi connectivity index (χ2v) is 7.04. The zero-order chi connectivity index (χ0) is 14.7. The molecule has 0 spiro atoms. The molecule has 0 N–H and O–H groups in total. The quantitative estimate of drug-likeness (QED) is 0.832. The summed E-state index contributed by atoms with van der Waals surface area (Å²) in [6.45, 7) is 4.43. The van der Waals surface area contributed by atoms with Crippen molar-refractivity contribution in [2.45, 2.75) is 6.54 Å². The lowest BCUT2D eigenvalue weighted by molar-refractivity contribution is 0.0633. The van der Waals surface area contributed by atoms with Crippen LogP contribution in [-0.4, -0.2) is 41.9 Å². The average molecular weight is 365 g/mol. The third-order valence-electron chi connectivity index (χ3n) is 3.69. The van der Waals surface area contributed by atoms with E-state index in [0.29, 0.717) is 0 Å². The molecule has 2 aromatic rings. The Morgan fingerprint density at radius 1 is 1.14 bits per heavy atom. The van der Waals surface area contributed by atoms with E-state index in [1.54, 1.807) is 0 Å². The molecule has 0 unspecified atom stereocenters. The van der Waals surface area contributed by atoms with Crippen molar-refractivity contribution in [1.29, 1.82) is 0 Å². The van der Waals surface area contributed by atoms with E-state index in [1.807, 2.05) is 28.5 Å². The van der Waals surface area contributed by atoms with Crippen LogP contribution in [0.2, 0.25) is 0 Å². The lowest BCUT2D eigenvalue weighted by Gasteiger charge is -2.34. The van der Waals surface area contributed by atoms with Gasteiger partial charge < -0.3 is 4.90 Å². The van der Waals surface area contributed by atoms with Crippen LogP contribution in [-0.2, 0) is 6.54 Å². The van der Waals surface area contributed by atoms with Gasteiger partial charge in [0, 0.05) is 37.2 Å². The number of amides is 1. The molecular formula is C16H17BrN2OS. The minimum Gasteiger partial charge on any atom is -0.335 e. The third kappa shape index (κ3) is 3.73. The Morgan fingerprint density at radius 3 is 2.62 bits per heavy atom. The van der Waals surface area contributed by atoms with Gasteiger partial charge in [-0.25, -0.2) is 0 Å². The van der Waals surface area contributed by atoms with Crippen LogP contribution in [0.5, 0.6) is 0 Å². The van der Waals surface area contributed by atoms with Crippen LogP contribution in [0.1, 0.15) is 15.2 Å². The fourth-order valence-corrected chi connectivity index (χ4v) is 3.70. The molecule has 0 bridgehead atoms. The monoisotopic (exact) mass is 364 g/mol. The number of halogens is 1. The van der Waals surface area contributed by atoms with E-state index in [4.69, 9.17) is 0 Å². The van der Waals surface area contributed by atoms with Crippen molar-refractivity contribution < 1.29 is 4.79 Å². The molecule has 1 saturated heterocycles. The van der Waals surface area contributed by atoms with E-state index < -0.39 is 0 Å². The molecule has 3 nitrogen and oxygen atoms in total. The molecule has 1 aliphatic rings. The number of carbonyl (C=O) groups is 1. The number of hydrogen-bond donors (Lipinski definition) is 0. The predicted molar refractivity (Wildman–Crippen MR) is 89.6 cm³/mol. The molecule has 0 aliphatic carbocycles. The number of benzene rings is 1. The SMILES string of the molecule is O=C(c1cccs1)N1CCN(Cc2cccc(Br)c2)CC1. The molecular weight excluding hydrogens is 348 g/mol. The highest BCUT2D eigenvalue weighted by molar-refractivity contribution is 9.10. The van der Waals surface area contributed by atoms with E-state index in [-0.39, 0.29) is 5.91 Å². The Labute approximate surface area is 137 Å². The fraction of sp³-hybridized carbons (Fsp3) is 0.312. The lowest BCUT2D eigenvalue weighted by Crippen LogP contribution is -2.48. The van der Waals surface area contributed by atoms with Gasteiger partial charge >= 0.3 is 0 Å². The summed E-state index contributed by atoms with van der Waals surface area (Å²) in [5, 5.41) is 1.96. The first-order valence-electron chi connectivity index (χ1n) is 7.02. The van der Waals surface area contributed by atoms with Crippen molar-refractivity contribution in [1.82, 2.24) is 9.80 Å². The maximum atomic E-state index is 12.3. The summed E-state index contributed by atoms with van der Waals surface area (Å²) in [5.74, 6) is 0.173. The molecule has 0 atom stereocenters. The Bertz CT molecular complexity index is 606. The van der Waals surface area contributed by atoms with Gasteiger partial charge in [-0.05, 0) is 29.1 Å². The summed E-state index contributed by atoms with van der Waals surface area (Å²) in [6.07, 6.45) is 0. The highest BCUT2D eigenvalue weighted by atomic mass is 79.9. The van der Waals surface area contributed by atoms with Crippen LogP contribution in [0.4, 0.5) is 0 Å². The van der Waals surface area contributed by atoms with E-state index >= 15 is 0 Å². The van der Waals surface area contributed by atoms with Gasteiger partial charge in [0.2, 0.25) is 0 Å². The third-order valence-corrected chi connectivity index (χ3v) is 5.04. The Morgan fingerprint density at radius 2 is 1.95 bits per heavy atom. The number of nitrogens with zero attached hydrogens (tertiary/aromatic N) is 2. The molecule has 0 radical (unpaired) electrons. The second-order valence-electron chi connectivity index (χ2n) is 5.18. The lowest BCUT2D eigenvalue weighted by atomic mass is 10.2. The van der Waals surface area contributed by atoms with Gasteiger partial charge in [-0.1, -0.05) is 34.1 Å². The first-order chi connectivity index (χ1) is 10.2. The molecule has 1 aromatic carbocycles. The minimum absolute atomic E-state index is 0.173. The Hall–Kier alpha value is -1.17. The standard InChI is InChI=1S/C16H17BrN2OS/c17-14-4-1-3-13(11-14)12-18-6-8-19(9-7-18)16(20)15-5-2-10-21-15/h1-5,10-11H,6-9,12H2. The van der Waals surface area contributed by atoms with E-state index in [0.717, 1.165) is 42.1 Å². The van der Waals surface area contributed by atoms with Crippen molar-refractivity contribution in [3.63, 3.8) is 0 Å². The molecule has 0 saturated carbocycles. The van der Waals surface area contributed by atoms with Crippen LogP contribution < -0.4 is 0 Å². The van der Waals surface area contributed by atoms with Gasteiger partial charge in [0.25, 0.3) is 5.91 Å². The summed E-state index contributed by atoms with van der Waals surface area (Å²) in [7, 11) is 0. The van der Waals surface area contributed by atoms with Crippen LogP contribution in [0, 0.1) is 0 Å². The highest BCUT2D eigenvalue weighted by Gasteiger charge is 2.22. The smallest absolute Gasteiger partial charge is 0.264 e. The first kappa shape index (κ1) is 14.8. The maximum absolute atomic E-state index is 12.3. The van der Waals surface area contributed by atoms with Gasteiger partial charge in [-0.3, -0.25) is 9.69 Å². The Balaban J connectivity index is 1.54.